The summed E-state index contributed by atoms with van der Waals surface area (Å²) in [7, 11) is 1.91. The molecule has 1 aromatic carbocycles. The van der Waals surface area contributed by atoms with E-state index in [2.05, 4.69) is 10.3 Å². The van der Waals surface area contributed by atoms with Gasteiger partial charge in [0, 0.05) is 51.1 Å². The summed E-state index contributed by atoms with van der Waals surface area (Å²) >= 11 is 0. The maximum absolute atomic E-state index is 14.8. The van der Waals surface area contributed by atoms with Gasteiger partial charge in [0.25, 0.3) is 5.56 Å². The van der Waals surface area contributed by atoms with Crippen molar-refractivity contribution in [1.29, 1.82) is 0 Å². The van der Waals surface area contributed by atoms with Gasteiger partial charge in [0.15, 0.2) is 5.78 Å². The molecule has 1 aliphatic heterocycles. The van der Waals surface area contributed by atoms with E-state index in [1.54, 1.807) is 35.0 Å². The summed E-state index contributed by atoms with van der Waals surface area (Å²) in [6.07, 6.45) is 4.78. The van der Waals surface area contributed by atoms with Gasteiger partial charge in [-0.2, -0.15) is 0 Å². The first-order chi connectivity index (χ1) is 16.8. The third-order valence-corrected chi connectivity index (χ3v) is 6.48. The zero-order valence-corrected chi connectivity index (χ0v) is 20.3. The summed E-state index contributed by atoms with van der Waals surface area (Å²) in [5, 5.41) is 12.6. The molecule has 7 nitrogen and oxygen atoms in total. The minimum absolute atomic E-state index is 0.0282. The Morgan fingerprint density at radius 3 is 2.77 bits per heavy atom. The van der Waals surface area contributed by atoms with E-state index in [1.807, 2.05) is 25.8 Å². The largest absolute Gasteiger partial charge is 0.396 e. The van der Waals surface area contributed by atoms with Crippen LogP contribution in [0.1, 0.15) is 42.1 Å². The second-order valence-corrected chi connectivity index (χ2v) is 9.31. The van der Waals surface area contributed by atoms with Crippen LogP contribution in [0.4, 0.5) is 21.6 Å². The monoisotopic (exact) mass is 478 g/mol. The van der Waals surface area contributed by atoms with Crippen molar-refractivity contribution in [3.63, 3.8) is 0 Å². The highest BCUT2D eigenvalue weighted by molar-refractivity contribution is 6.02. The van der Waals surface area contributed by atoms with E-state index in [0.29, 0.717) is 35.7 Å². The lowest BCUT2D eigenvalue weighted by atomic mass is 10.00. The van der Waals surface area contributed by atoms with Gasteiger partial charge in [-0.25, -0.2) is 4.39 Å². The van der Waals surface area contributed by atoms with Crippen LogP contribution >= 0.6 is 0 Å². The van der Waals surface area contributed by atoms with E-state index >= 15 is 0 Å². The van der Waals surface area contributed by atoms with Gasteiger partial charge in [-0.15, -0.1) is 0 Å². The van der Waals surface area contributed by atoms with Crippen molar-refractivity contribution < 1.29 is 14.3 Å². The number of aromatic nitrogens is 2. The Labute approximate surface area is 204 Å². The van der Waals surface area contributed by atoms with Crippen LogP contribution in [0.15, 0.2) is 47.5 Å². The predicted octanol–water partition coefficient (Wildman–Crippen LogP) is 4.53. The first-order valence-corrected chi connectivity index (χ1v) is 11.9. The summed E-state index contributed by atoms with van der Waals surface area (Å²) in [5.41, 5.74) is 2.76. The molecule has 3 aromatic rings. The van der Waals surface area contributed by atoms with E-state index in [1.165, 1.54) is 12.3 Å². The van der Waals surface area contributed by atoms with Crippen LogP contribution in [0.25, 0.3) is 11.1 Å². The minimum atomic E-state index is -0.457. The van der Waals surface area contributed by atoms with Gasteiger partial charge in [-0.3, -0.25) is 19.1 Å². The molecule has 3 heterocycles. The number of pyridine rings is 2. The molecular weight excluding hydrogens is 447 g/mol. The summed E-state index contributed by atoms with van der Waals surface area (Å²) in [6.45, 7) is 5.08. The van der Waals surface area contributed by atoms with Crippen LogP contribution in [-0.2, 0) is 6.54 Å². The van der Waals surface area contributed by atoms with Crippen LogP contribution in [0.5, 0.6) is 0 Å². The fourth-order valence-corrected chi connectivity index (χ4v) is 4.45. The predicted molar refractivity (Wildman–Crippen MR) is 136 cm³/mol. The highest BCUT2D eigenvalue weighted by Gasteiger charge is 2.24. The first kappa shape index (κ1) is 24.6. The number of carbonyl (C=O) groups is 1. The van der Waals surface area contributed by atoms with Crippen LogP contribution in [0.3, 0.4) is 0 Å². The van der Waals surface area contributed by atoms with Crippen molar-refractivity contribution >= 4 is 23.0 Å². The van der Waals surface area contributed by atoms with E-state index in [-0.39, 0.29) is 41.4 Å². The van der Waals surface area contributed by atoms with Gasteiger partial charge in [0.1, 0.15) is 11.6 Å². The first-order valence-electron chi connectivity index (χ1n) is 11.9. The molecular formula is C27H31FN4O3. The van der Waals surface area contributed by atoms with E-state index < -0.39 is 5.82 Å². The lowest BCUT2D eigenvalue weighted by Gasteiger charge is -2.32. The van der Waals surface area contributed by atoms with Gasteiger partial charge in [-0.05, 0) is 49.9 Å². The number of aryl methyl sites for hydroxylation is 1. The van der Waals surface area contributed by atoms with Crippen molar-refractivity contribution in [1.82, 2.24) is 9.55 Å². The molecule has 8 heteroatoms. The van der Waals surface area contributed by atoms with Crippen molar-refractivity contribution in [2.45, 2.75) is 39.7 Å². The molecule has 0 spiro atoms. The number of halogens is 1. The smallest absolute Gasteiger partial charge is 0.260 e. The zero-order valence-electron chi connectivity index (χ0n) is 20.3. The Morgan fingerprint density at radius 2 is 2.00 bits per heavy atom. The number of benzene rings is 1. The van der Waals surface area contributed by atoms with Crippen molar-refractivity contribution in [3.8, 4) is 11.1 Å². The summed E-state index contributed by atoms with van der Waals surface area (Å²) in [5.74, 6) is 0.185. The number of nitrogens with one attached hydrogen (secondary N) is 1. The van der Waals surface area contributed by atoms with Crippen LogP contribution in [0, 0.1) is 18.7 Å². The Balaban J connectivity index is 1.81. The lowest BCUT2D eigenvalue weighted by Crippen LogP contribution is -2.36. The molecule has 0 bridgehead atoms. The van der Waals surface area contributed by atoms with Gasteiger partial charge < -0.3 is 15.3 Å². The van der Waals surface area contributed by atoms with Crippen molar-refractivity contribution in [3.05, 3.63) is 70.0 Å². The molecule has 0 saturated heterocycles. The Bertz CT molecular complexity index is 1300. The second kappa shape index (κ2) is 10.4. The number of hydrogen-bond donors (Lipinski definition) is 2. The number of anilines is 3. The summed E-state index contributed by atoms with van der Waals surface area (Å²) in [4.78, 5) is 32.5. The average molecular weight is 479 g/mol. The number of aliphatic hydroxyl groups excluding tert-OH is 1. The van der Waals surface area contributed by atoms with Gasteiger partial charge >= 0.3 is 0 Å². The molecule has 1 aliphatic rings. The molecule has 0 saturated carbocycles. The molecule has 35 heavy (non-hydrogen) atoms. The molecule has 4 rings (SSSR count). The maximum atomic E-state index is 14.8. The number of rotatable bonds is 8. The highest BCUT2D eigenvalue weighted by Crippen LogP contribution is 2.35. The standard InChI is InChI=1S/C27H31FN4O3/c1-17-5-7-22(28)19(13-17)20-14-24(26-31(3)11-4-12-32(26)27(20)35)30-23-9-10-29-15-21(23)25(34)8-6-18(2)16-33/h5,7,9-10,13-15,18,33H,4,6,8,11-12,16H2,1-3H3,(H,29,30)/t18-/m0/s1. The SMILES string of the molecule is Cc1ccc(F)c(-c2cc(Nc3ccncc3C(=O)CC[C@H](C)CO)c3n(c2=O)CCCN3C)c1. The van der Waals surface area contributed by atoms with Gasteiger partial charge in [-0.1, -0.05) is 18.6 Å². The van der Waals surface area contributed by atoms with Crippen LogP contribution < -0.4 is 15.8 Å². The topological polar surface area (TPSA) is 87.5 Å². The third kappa shape index (κ3) is 5.12. The second-order valence-electron chi connectivity index (χ2n) is 9.31. The number of ketones is 1. The van der Waals surface area contributed by atoms with E-state index in [4.69, 9.17) is 0 Å². The summed E-state index contributed by atoms with van der Waals surface area (Å²) in [6, 6.07) is 8.13. The average Bonchev–Trinajstić information content (AvgIpc) is 2.86. The zero-order chi connectivity index (χ0) is 25.1. The Kier molecular flexibility index (Phi) is 7.31. The molecule has 2 aromatic heterocycles. The van der Waals surface area contributed by atoms with Crippen molar-refractivity contribution in [2.75, 3.05) is 30.4 Å². The fraction of sp³-hybridized carbons (Fsp3) is 0.370. The highest BCUT2D eigenvalue weighted by atomic mass is 19.1. The number of nitrogens with zero attached hydrogens (tertiary/aromatic N) is 3. The number of hydrogen-bond acceptors (Lipinski definition) is 6. The fourth-order valence-electron chi connectivity index (χ4n) is 4.45. The van der Waals surface area contributed by atoms with E-state index in [9.17, 15) is 19.1 Å². The Hall–Kier alpha value is -3.52. The van der Waals surface area contributed by atoms with Crippen molar-refractivity contribution in [2.24, 2.45) is 5.92 Å². The molecule has 0 fully saturated rings. The molecule has 1 atom stereocenters. The summed E-state index contributed by atoms with van der Waals surface area (Å²) < 4.78 is 16.5. The normalized spacial score (nSPS) is 13.9. The van der Waals surface area contributed by atoms with E-state index in [0.717, 1.165) is 18.5 Å². The maximum Gasteiger partial charge on any atom is 0.260 e. The number of carbonyl (C=O) groups excluding carboxylic acids is 1. The Morgan fingerprint density at radius 1 is 1.20 bits per heavy atom. The number of fused-ring (bicyclic) bond motifs is 1. The van der Waals surface area contributed by atoms with Crippen LogP contribution in [-0.4, -0.2) is 40.6 Å². The number of Topliss-reactive ketones (excluding diaryl/α,β-unsaturated/α-hetero) is 1. The molecule has 184 valence electrons. The molecule has 0 aliphatic carbocycles. The van der Waals surface area contributed by atoms with Gasteiger partial charge in [0.2, 0.25) is 0 Å². The molecule has 0 radical (unpaired) electrons. The minimum Gasteiger partial charge on any atom is -0.396 e. The lowest BCUT2D eigenvalue weighted by molar-refractivity contribution is 0.0969. The van der Waals surface area contributed by atoms with Gasteiger partial charge in [0.05, 0.1) is 22.5 Å². The molecule has 0 amide bonds. The quantitative estimate of drug-likeness (QED) is 0.463. The van der Waals surface area contributed by atoms with Crippen LogP contribution in [0.2, 0.25) is 0 Å². The number of aliphatic hydroxyl groups is 1. The molecule has 2 N–H and O–H groups in total. The molecule has 0 unspecified atom stereocenters. The third-order valence-electron chi connectivity index (χ3n) is 6.48.